The molecule has 0 heterocycles. The van der Waals surface area contributed by atoms with E-state index in [9.17, 15) is 9.59 Å². The summed E-state index contributed by atoms with van der Waals surface area (Å²) in [7, 11) is 3.03. The van der Waals surface area contributed by atoms with Crippen molar-refractivity contribution < 1.29 is 19.1 Å². The molecule has 0 saturated carbocycles. The van der Waals surface area contributed by atoms with E-state index in [0.29, 0.717) is 0 Å². The van der Waals surface area contributed by atoms with E-state index >= 15 is 0 Å². The van der Waals surface area contributed by atoms with Crippen LogP contribution in [0.4, 0.5) is 0 Å². The molecule has 1 aliphatic carbocycles. The summed E-state index contributed by atoms with van der Waals surface area (Å²) in [5.41, 5.74) is 0.278. The van der Waals surface area contributed by atoms with Crippen LogP contribution in [-0.4, -0.2) is 38.1 Å². The fourth-order valence-electron chi connectivity index (χ4n) is 2.26. The van der Waals surface area contributed by atoms with Gasteiger partial charge in [-0.15, -0.1) is 0 Å². The van der Waals surface area contributed by atoms with Gasteiger partial charge in [0.2, 0.25) is 17.8 Å². The number of benzene rings is 1. The van der Waals surface area contributed by atoms with Gasteiger partial charge in [0, 0.05) is 7.11 Å². The second kappa shape index (κ2) is 6.78. The molecule has 1 unspecified atom stereocenters. The highest BCUT2D eigenvalue weighted by molar-refractivity contribution is 5.77. The Morgan fingerprint density at radius 2 is 1.91 bits per heavy atom. The maximum Gasteiger partial charge on any atom is 0.237 e. The number of isocyanates is 2. The molecule has 1 aliphatic rings. The molecule has 6 nitrogen and oxygen atoms in total. The lowest BCUT2D eigenvalue weighted by Crippen LogP contribution is -2.38. The van der Waals surface area contributed by atoms with Crippen LogP contribution in [0.1, 0.15) is 5.56 Å². The topological polar surface area (TPSA) is 77.3 Å². The molecule has 0 N–H and O–H groups in total. The Hall–Kier alpha value is -2.78. The number of allylic oxidation sites excluding steroid dienone is 2. The van der Waals surface area contributed by atoms with Crippen molar-refractivity contribution in [3.8, 4) is 5.75 Å². The lowest BCUT2D eigenvalue weighted by molar-refractivity contribution is 0.0946. The van der Waals surface area contributed by atoms with E-state index in [2.05, 4.69) is 9.98 Å². The van der Waals surface area contributed by atoms with Gasteiger partial charge in [0.25, 0.3) is 0 Å². The van der Waals surface area contributed by atoms with Crippen molar-refractivity contribution in [2.45, 2.75) is 11.8 Å². The Kier molecular flexibility index (Phi) is 4.81. The first-order chi connectivity index (χ1) is 10.7. The monoisotopic (exact) mass is 298 g/mol. The highest BCUT2D eigenvalue weighted by Crippen LogP contribution is 2.33. The van der Waals surface area contributed by atoms with Crippen molar-refractivity contribution in [2.24, 2.45) is 9.98 Å². The highest BCUT2D eigenvalue weighted by Gasteiger charge is 2.38. The zero-order chi connectivity index (χ0) is 16.0. The minimum atomic E-state index is -1.46. The molecule has 0 amide bonds. The van der Waals surface area contributed by atoms with E-state index < -0.39 is 11.8 Å². The van der Waals surface area contributed by atoms with Gasteiger partial charge in [-0.3, -0.25) is 0 Å². The minimum Gasteiger partial charge on any atom is -0.497 e. The largest absolute Gasteiger partial charge is 0.497 e. The average Bonchev–Trinajstić information content (AvgIpc) is 2.56. The molecule has 2 rings (SSSR count). The van der Waals surface area contributed by atoms with E-state index in [1.54, 1.807) is 19.3 Å². The molecular formula is C16H14N2O4. The first-order valence-corrected chi connectivity index (χ1v) is 6.45. The summed E-state index contributed by atoms with van der Waals surface area (Å²) >= 11 is 0. The first kappa shape index (κ1) is 15.6. The number of aliphatic imine (C=N–C) groups is 2. The number of hydrogen-bond acceptors (Lipinski definition) is 6. The molecule has 6 heteroatoms. The summed E-state index contributed by atoms with van der Waals surface area (Å²) < 4.78 is 10.5. The van der Waals surface area contributed by atoms with Crippen LogP contribution < -0.4 is 4.74 Å². The third kappa shape index (κ3) is 2.95. The van der Waals surface area contributed by atoms with Crippen LogP contribution in [0.5, 0.6) is 5.75 Å². The SMILES string of the molecule is COc1cccc(C2=CC(OC)C(N=C=O)(N=C=O)C=C2)c1. The molecule has 1 atom stereocenters. The van der Waals surface area contributed by atoms with Gasteiger partial charge < -0.3 is 9.47 Å². The van der Waals surface area contributed by atoms with Gasteiger partial charge in [-0.25, -0.2) is 9.59 Å². The second-order valence-electron chi connectivity index (χ2n) is 4.53. The fraction of sp³-hybridized carbons (Fsp3) is 0.250. The zero-order valence-corrected chi connectivity index (χ0v) is 12.1. The molecule has 1 aromatic carbocycles. The molecule has 0 aromatic heterocycles. The van der Waals surface area contributed by atoms with Crippen LogP contribution in [0.25, 0.3) is 5.57 Å². The Labute approximate surface area is 127 Å². The number of methoxy groups -OCH3 is 2. The summed E-state index contributed by atoms with van der Waals surface area (Å²) in [4.78, 5) is 28.5. The van der Waals surface area contributed by atoms with Gasteiger partial charge in [0.1, 0.15) is 11.9 Å². The molecule has 0 aliphatic heterocycles. The lowest BCUT2D eigenvalue weighted by atomic mass is 9.91. The third-order valence-electron chi connectivity index (χ3n) is 3.36. The van der Waals surface area contributed by atoms with E-state index in [1.807, 2.05) is 24.3 Å². The normalized spacial score (nSPS) is 23.0. The second-order valence-corrected chi connectivity index (χ2v) is 4.53. The van der Waals surface area contributed by atoms with Crippen molar-refractivity contribution in [1.29, 1.82) is 0 Å². The molecule has 112 valence electrons. The van der Waals surface area contributed by atoms with Crippen LogP contribution in [0.3, 0.4) is 0 Å². The van der Waals surface area contributed by atoms with E-state index in [4.69, 9.17) is 9.47 Å². The van der Waals surface area contributed by atoms with Crippen molar-refractivity contribution in [3.63, 3.8) is 0 Å². The highest BCUT2D eigenvalue weighted by atomic mass is 16.5. The van der Waals surface area contributed by atoms with Crippen LogP contribution >= 0.6 is 0 Å². The number of rotatable bonds is 5. The minimum absolute atomic E-state index is 0.717. The molecule has 0 radical (unpaired) electrons. The first-order valence-electron chi connectivity index (χ1n) is 6.45. The van der Waals surface area contributed by atoms with E-state index in [1.165, 1.54) is 25.3 Å². The van der Waals surface area contributed by atoms with Gasteiger partial charge in [-0.05, 0) is 35.4 Å². The van der Waals surface area contributed by atoms with E-state index in [0.717, 1.165) is 16.9 Å². The predicted molar refractivity (Wildman–Crippen MR) is 79.9 cm³/mol. The summed E-state index contributed by atoms with van der Waals surface area (Å²) in [5, 5.41) is 0. The predicted octanol–water partition coefficient (Wildman–Crippen LogP) is 2.03. The van der Waals surface area contributed by atoms with Crippen molar-refractivity contribution >= 4 is 17.7 Å². The number of nitrogens with zero attached hydrogens (tertiary/aromatic N) is 2. The van der Waals surface area contributed by atoms with Crippen LogP contribution in [0.2, 0.25) is 0 Å². The lowest BCUT2D eigenvalue weighted by Gasteiger charge is -2.29. The number of hydrogen-bond donors (Lipinski definition) is 0. The Balaban J connectivity index is 2.46. The molecule has 0 spiro atoms. The summed E-state index contributed by atoms with van der Waals surface area (Å²) in [6.45, 7) is 0. The Bertz CT molecular complexity index is 693. The molecule has 0 saturated heterocycles. The summed E-state index contributed by atoms with van der Waals surface area (Å²) in [6, 6.07) is 7.47. The molecule has 0 fully saturated rings. The quantitative estimate of drug-likeness (QED) is 0.615. The third-order valence-corrected chi connectivity index (χ3v) is 3.36. The van der Waals surface area contributed by atoms with Crippen LogP contribution in [-0.2, 0) is 14.3 Å². The van der Waals surface area contributed by atoms with Crippen LogP contribution in [0.15, 0.2) is 52.5 Å². The average molecular weight is 298 g/mol. The Morgan fingerprint density at radius 1 is 1.18 bits per heavy atom. The van der Waals surface area contributed by atoms with Gasteiger partial charge in [-0.1, -0.05) is 18.2 Å². The smallest absolute Gasteiger partial charge is 0.237 e. The van der Waals surface area contributed by atoms with Crippen molar-refractivity contribution in [1.82, 2.24) is 0 Å². The van der Waals surface area contributed by atoms with Gasteiger partial charge in [0.15, 0.2) is 0 Å². The van der Waals surface area contributed by atoms with E-state index in [-0.39, 0.29) is 0 Å². The maximum absolute atomic E-state index is 10.6. The van der Waals surface area contributed by atoms with Gasteiger partial charge >= 0.3 is 0 Å². The molecule has 1 aromatic rings. The summed E-state index contributed by atoms with van der Waals surface area (Å²) in [5.74, 6) is 0.717. The molecule has 22 heavy (non-hydrogen) atoms. The summed E-state index contributed by atoms with van der Waals surface area (Å²) in [6.07, 6.45) is 7.09. The van der Waals surface area contributed by atoms with Crippen molar-refractivity contribution in [2.75, 3.05) is 14.2 Å². The van der Waals surface area contributed by atoms with Gasteiger partial charge in [0.05, 0.1) is 7.11 Å². The Morgan fingerprint density at radius 3 is 2.50 bits per heavy atom. The molecular weight excluding hydrogens is 284 g/mol. The number of ether oxygens (including phenoxy) is 2. The maximum atomic E-state index is 10.6. The van der Waals surface area contributed by atoms with Crippen molar-refractivity contribution in [3.05, 3.63) is 48.1 Å². The standard InChI is InChI=1S/C16H14N2O4/c1-21-14-5-3-4-12(8-14)13-6-7-16(17-10-19,18-11-20)15(9-13)22-2/h3-9,15H,1-2H3. The molecule has 0 bridgehead atoms. The van der Waals surface area contributed by atoms with Gasteiger partial charge in [-0.2, -0.15) is 9.98 Å². The van der Waals surface area contributed by atoms with Crippen LogP contribution in [0, 0.1) is 0 Å². The number of carbonyl (C=O) groups excluding carboxylic acids is 2. The zero-order valence-electron chi connectivity index (χ0n) is 12.1. The fourth-order valence-corrected chi connectivity index (χ4v) is 2.26.